The SMILES string of the molecule is CN(C)c1ccc(Br)cc1NC(=O)c1cccc(Br)c1Cl. The van der Waals surface area contributed by atoms with E-state index < -0.39 is 0 Å². The van der Waals surface area contributed by atoms with Crippen molar-refractivity contribution >= 4 is 60.7 Å². The molecule has 0 radical (unpaired) electrons. The van der Waals surface area contributed by atoms with E-state index in [4.69, 9.17) is 11.6 Å². The van der Waals surface area contributed by atoms with Gasteiger partial charge in [0.1, 0.15) is 0 Å². The Morgan fingerprint density at radius 1 is 1.19 bits per heavy atom. The Labute approximate surface area is 145 Å². The van der Waals surface area contributed by atoms with Crippen LogP contribution in [0.2, 0.25) is 5.02 Å². The zero-order chi connectivity index (χ0) is 15.6. The highest BCUT2D eigenvalue weighted by atomic mass is 79.9. The molecule has 1 amide bonds. The van der Waals surface area contributed by atoms with Gasteiger partial charge in [-0.05, 0) is 46.3 Å². The van der Waals surface area contributed by atoms with Gasteiger partial charge in [-0.15, -0.1) is 0 Å². The third kappa shape index (κ3) is 3.78. The van der Waals surface area contributed by atoms with Crippen molar-refractivity contribution in [2.75, 3.05) is 24.3 Å². The number of benzene rings is 2. The highest BCUT2D eigenvalue weighted by Crippen LogP contribution is 2.30. The zero-order valence-electron chi connectivity index (χ0n) is 11.5. The molecule has 0 atom stereocenters. The standard InChI is InChI=1S/C15H13Br2ClN2O/c1-20(2)13-7-6-9(16)8-12(13)19-15(21)10-4-3-5-11(17)14(10)18/h3-8H,1-2H3,(H,19,21). The summed E-state index contributed by atoms with van der Waals surface area (Å²) in [4.78, 5) is 14.4. The first-order valence-electron chi connectivity index (χ1n) is 6.12. The van der Waals surface area contributed by atoms with Crippen molar-refractivity contribution in [1.29, 1.82) is 0 Å². The van der Waals surface area contributed by atoms with Gasteiger partial charge >= 0.3 is 0 Å². The van der Waals surface area contributed by atoms with Crippen molar-refractivity contribution in [2.24, 2.45) is 0 Å². The Bertz CT molecular complexity index is 689. The Hall–Kier alpha value is -1.04. The Balaban J connectivity index is 2.36. The molecule has 0 aliphatic rings. The van der Waals surface area contributed by atoms with Crippen LogP contribution in [0.3, 0.4) is 0 Å². The number of nitrogens with zero attached hydrogens (tertiary/aromatic N) is 1. The van der Waals surface area contributed by atoms with Crippen LogP contribution in [0, 0.1) is 0 Å². The van der Waals surface area contributed by atoms with Gasteiger partial charge < -0.3 is 10.2 Å². The number of anilines is 2. The molecule has 110 valence electrons. The summed E-state index contributed by atoms with van der Waals surface area (Å²) in [7, 11) is 3.84. The summed E-state index contributed by atoms with van der Waals surface area (Å²) in [6, 6.07) is 11.0. The van der Waals surface area contributed by atoms with E-state index >= 15 is 0 Å². The Morgan fingerprint density at radius 3 is 2.57 bits per heavy atom. The summed E-state index contributed by atoms with van der Waals surface area (Å²) in [5.41, 5.74) is 2.06. The lowest BCUT2D eigenvalue weighted by Gasteiger charge is -2.18. The lowest BCUT2D eigenvalue weighted by Crippen LogP contribution is -2.17. The molecule has 2 aromatic rings. The van der Waals surface area contributed by atoms with Gasteiger partial charge in [-0.25, -0.2) is 0 Å². The van der Waals surface area contributed by atoms with Crippen molar-refractivity contribution in [2.45, 2.75) is 0 Å². The molecule has 0 spiro atoms. The first kappa shape index (κ1) is 16.3. The van der Waals surface area contributed by atoms with E-state index in [1.54, 1.807) is 18.2 Å². The van der Waals surface area contributed by atoms with Gasteiger partial charge in [-0.2, -0.15) is 0 Å². The molecule has 0 unspecified atom stereocenters. The lowest BCUT2D eigenvalue weighted by atomic mass is 10.2. The molecule has 6 heteroatoms. The van der Waals surface area contributed by atoms with Crippen LogP contribution in [-0.4, -0.2) is 20.0 Å². The summed E-state index contributed by atoms with van der Waals surface area (Å²) in [6.07, 6.45) is 0. The first-order valence-corrected chi connectivity index (χ1v) is 8.09. The normalized spacial score (nSPS) is 10.3. The minimum atomic E-state index is -0.248. The second-order valence-corrected chi connectivity index (χ2v) is 6.76. The van der Waals surface area contributed by atoms with Crippen molar-refractivity contribution in [1.82, 2.24) is 0 Å². The van der Waals surface area contributed by atoms with Crippen molar-refractivity contribution in [3.63, 3.8) is 0 Å². The maximum atomic E-state index is 12.4. The summed E-state index contributed by atoms with van der Waals surface area (Å²) in [5, 5.41) is 3.30. The van der Waals surface area contributed by atoms with Crippen molar-refractivity contribution in [3.05, 3.63) is 55.9 Å². The van der Waals surface area contributed by atoms with Crippen LogP contribution in [0.4, 0.5) is 11.4 Å². The molecule has 0 aliphatic heterocycles. The van der Waals surface area contributed by atoms with Gasteiger partial charge in [0.25, 0.3) is 5.91 Å². The first-order chi connectivity index (χ1) is 9.90. The number of nitrogens with one attached hydrogen (secondary N) is 1. The zero-order valence-corrected chi connectivity index (χ0v) is 15.4. The number of halogens is 3. The second-order valence-electron chi connectivity index (χ2n) is 4.61. The molecule has 1 N–H and O–H groups in total. The number of carbonyl (C=O) groups excluding carboxylic acids is 1. The molecular weight excluding hydrogens is 419 g/mol. The van der Waals surface area contributed by atoms with Crippen molar-refractivity contribution in [3.8, 4) is 0 Å². The summed E-state index contributed by atoms with van der Waals surface area (Å²) in [6.45, 7) is 0. The van der Waals surface area contributed by atoms with Crippen LogP contribution in [0.25, 0.3) is 0 Å². The van der Waals surface area contributed by atoms with Crippen LogP contribution in [0.5, 0.6) is 0 Å². The molecule has 0 fully saturated rings. The number of amides is 1. The third-order valence-corrected chi connectivity index (χ3v) is 4.67. The monoisotopic (exact) mass is 430 g/mol. The fourth-order valence-corrected chi connectivity index (χ4v) is 2.81. The Morgan fingerprint density at radius 2 is 1.90 bits per heavy atom. The average molecular weight is 433 g/mol. The molecule has 0 aliphatic carbocycles. The number of hydrogen-bond acceptors (Lipinski definition) is 2. The number of carbonyl (C=O) groups is 1. The van der Waals surface area contributed by atoms with Gasteiger partial charge in [0.05, 0.1) is 22.0 Å². The topological polar surface area (TPSA) is 32.3 Å². The maximum absolute atomic E-state index is 12.4. The molecule has 2 rings (SSSR count). The van der Waals surface area contributed by atoms with E-state index in [1.165, 1.54) is 0 Å². The van der Waals surface area contributed by atoms with E-state index in [0.717, 1.165) is 15.8 Å². The highest BCUT2D eigenvalue weighted by Gasteiger charge is 2.15. The fourth-order valence-electron chi connectivity index (χ4n) is 1.87. The molecule has 0 saturated carbocycles. The summed E-state index contributed by atoms with van der Waals surface area (Å²) < 4.78 is 1.59. The molecule has 0 saturated heterocycles. The Kier molecular flexibility index (Phi) is 5.30. The minimum Gasteiger partial charge on any atom is -0.376 e. The molecule has 0 bridgehead atoms. The summed E-state index contributed by atoms with van der Waals surface area (Å²) in [5.74, 6) is -0.248. The predicted octanol–water partition coefficient (Wildman–Crippen LogP) is 5.18. The van der Waals surface area contributed by atoms with E-state index in [1.807, 2.05) is 37.2 Å². The van der Waals surface area contributed by atoms with Crippen molar-refractivity contribution < 1.29 is 4.79 Å². The second kappa shape index (κ2) is 6.81. The maximum Gasteiger partial charge on any atom is 0.257 e. The van der Waals surface area contributed by atoms with Crippen LogP contribution in [-0.2, 0) is 0 Å². The fraction of sp³-hybridized carbons (Fsp3) is 0.133. The van der Waals surface area contributed by atoms with E-state index in [9.17, 15) is 4.79 Å². The predicted molar refractivity (Wildman–Crippen MR) is 95.6 cm³/mol. The van der Waals surface area contributed by atoms with Crippen LogP contribution in [0.15, 0.2) is 45.3 Å². The molecule has 0 aromatic heterocycles. The third-order valence-electron chi connectivity index (χ3n) is 2.88. The molecule has 3 nitrogen and oxygen atoms in total. The molecule has 0 heterocycles. The lowest BCUT2D eigenvalue weighted by molar-refractivity contribution is 0.102. The van der Waals surface area contributed by atoms with Crippen LogP contribution >= 0.6 is 43.5 Å². The highest BCUT2D eigenvalue weighted by molar-refractivity contribution is 9.10. The van der Waals surface area contributed by atoms with Gasteiger partial charge in [0.15, 0.2) is 0 Å². The van der Waals surface area contributed by atoms with Crippen LogP contribution in [0.1, 0.15) is 10.4 Å². The van der Waals surface area contributed by atoms with E-state index in [0.29, 0.717) is 15.1 Å². The average Bonchev–Trinajstić information content (AvgIpc) is 2.41. The van der Waals surface area contributed by atoms with Crippen LogP contribution < -0.4 is 10.2 Å². The smallest absolute Gasteiger partial charge is 0.257 e. The summed E-state index contributed by atoms with van der Waals surface area (Å²) >= 11 is 12.9. The number of hydrogen-bond donors (Lipinski definition) is 1. The van der Waals surface area contributed by atoms with E-state index in [-0.39, 0.29) is 5.91 Å². The van der Waals surface area contributed by atoms with Gasteiger partial charge in [-0.1, -0.05) is 33.6 Å². The molecule has 21 heavy (non-hydrogen) atoms. The quantitative estimate of drug-likeness (QED) is 0.725. The van der Waals surface area contributed by atoms with Gasteiger partial charge in [-0.3, -0.25) is 4.79 Å². The number of rotatable bonds is 3. The minimum absolute atomic E-state index is 0.248. The van der Waals surface area contributed by atoms with E-state index in [2.05, 4.69) is 37.2 Å². The largest absolute Gasteiger partial charge is 0.376 e. The molecule has 2 aromatic carbocycles. The van der Waals surface area contributed by atoms with Gasteiger partial charge in [0.2, 0.25) is 0 Å². The molecular formula is C15H13Br2ClN2O. The van der Waals surface area contributed by atoms with Gasteiger partial charge in [0, 0.05) is 23.0 Å².